The standard InChI is InChI=1S/C25H27N3O5S/c1-19-4-2-5-21(16-19)18-27-11-3-6-23(25(27)30)24(29)26-17-20-7-9-22(10-8-20)34(31,32)28-12-14-33-15-13-28/h2-11,16H,12-15,17-18H2,1H3,(H,26,29). The van der Waals surface area contributed by atoms with Gasteiger partial charge >= 0.3 is 0 Å². The van der Waals surface area contributed by atoms with Crippen molar-refractivity contribution in [3.8, 4) is 0 Å². The largest absolute Gasteiger partial charge is 0.379 e. The Hall–Kier alpha value is -3.27. The summed E-state index contributed by atoms with van der Waals surface area (Å²) in [4.78, 5) is 25.7. The molecule has 1 aliphatic heterocycles. The van der Waals surface area contributed by atoms with Gasteiger partial charge in [0.2, 0.25) is 10.0 Å². The summed E-state index contributed by atoms with van der Waals surface area (Å²) in [6.07, 6.45) is 1.66. The van der Waals surface area contributed by atoms with E-state index in [0.717, 1.165) is 16.7 Å². The second-order valence-corrected chi connectivity index (χ2v) is 10.1. The number of ether oxygens (including phenoxy) is 1. The first-order valence-electron chi connectivity index (χ1n) is 11.0. The highest BCUT2D eigenvalue weighted by atomic mass is 32.2. The first-order valence-corrected chi connectivity index (χ1v) is 12.5. The Morgan fingerprint density at radius 1 is 1.00 bits per heavy atom. The molecular weight excluding hydrogens is 454 g/mol. The van der Waals surface area contributed by atoms with Gasteiger partial charge in [-0.25, -0.2) is 8.42 Å². The fourth-order valence-electron chi connectivity index (χ4n) is 3.83. The third kappa shape index (κ3) is 5.44. The van der Waals surface area contributed by atoms with Gasteiger partial charge in [-0.1, -0.05) is 42.0 Å². The SMILES string of the molecule is Cc1cccc(Cn2cccc(C(=O)NCc3ccc(S(=O)(=O)N4CCOCC4)cc3)c2=O)c1. The van der Waals surface area contributed by atoms with E-state index in [0.29, 0.717) is 32.8 Å². The van der Waals surface area contributed by atoms with Crippen LogP contribution in [0.5, 0.6) is 0 Å². The molecule has 0 radical (unpaired) electrons. The van der Waals surface area contributed by atoms with E-state index in [1.54, 1.807) is 24.4 Å². The van der Waals surface area contributed by atoms with Crippen molar-refractivity contribution in [1.82, 2.24) is 14.2 Å². The Balaban J connectivity index is 1.41. The minimum atomic E-state index is -3.57. The van der Waals surface area contributed by atoms with Gasteiger partial charge in [-0.3, -0.25) is 9.59 Å². The van der Waals surface area contributed by atoms with Crippen LogP contribution in [0.25, 0.3) is 0 Å². The van der Waals surface area contributed by atoms with Gasteiger partial charge in [0.25, 0.3) is 11.5 Å². The smallest absolute Gasteiger partial charge is 0.263 e. The van der Waals surface area contributed by atoms with Crippen LogP contribution in [0.4, 0.5) is 0 Å². The maximum atomic E-state index is 12.8. The zero-order chi connectivity index (χ0) is 24.1. The van der Waals surface area contributed by atoms with Gasteiger partial charge < -0.3 is 14.6 Å². The van der Waals surface area contributed by atoms with E-state index >= 15 is 0 Å². The average molecular weight is 482 g/mol. The number of rotatable bonds is 7. The van der Waals surface area contributed by atoms with Crippen molar-refractivity contribution in [2.45, 2.75) is 24.9 Å². The number of carbonyl (C=O) groups is 1. The third-order valence-corrected chi connectivity index (χ3v) is 7.60. The summed E-state index contributed by atoms with van der Waals surface area (Å²) in [5, 5.41) is 2.75. The molecule has 1 fully saturated rings. The van der Waals surface area contributed by atoms with Crippen LogP contribution < -0.4 is 10.9 Å². The molecule has 1 N–H and O–H groups in total. The first-order chi connectivity index (χ1) is 16.3. The molecule has 0 bridgehead atoms. The number of nitrogens with one attached hydrogen (secondary N) is 1. The van der Waals surface area contributed by atoms with Crippen molar-refractivity contribution in [1.29, 1.82) is 0 Å². The number of benzene rings is 2. The Kier molecular flexibility index (Phi) is 7.26. The van der Waals surface area contributed by atoms with E-state index in [1.807, 2.05) is 31.2 Å². The number of sulfonamides is 1. The topological polar surface area (TPSA) is 97.7 Å². The lowest BCUT2D eigenvalue weighted by Crippen LogP contribution is -2.40. The molecule has 8 nitrogen and oxygen atoms in total. The van der Waals surface area contributed by atoms with Crippen LogP contribution in [-0.2, 0) is 27.8 Å². The molecule has 2 aromatic carbocycles. The minimum Gasteiger partial charge on any atom is -0.379 e. The summed E-state index contributed by atoms with van der Waals surface area (Å²) in [6, 6.07) is 17.4. The summed E-state index contributed by atoms with van der Waals surface area (Å²) in [5.41, 5.74) is 2.50. The molecule has 9 heteroatoms. The molecule has 0 aliphatic carbocycles. The van der Waals surface area contributed by atoms with Crippen molar-refractivity contribution >= 4 is 15.9 Å². The van der Waals surface area contributed by atoms with Crippen LogP contribution in [0.2, 0.25) is 0 Å². The molecule has 34 heavy (non-hydrogen) atoms. The Morgan fingerprint density at radius 2 is 1.74 bits per heavy atom. The molecule has 0 atom stereocenters. The van der Waals surface area contributed by atoms with Crippen LogP contribution in [-0.4, -0.2) is 49.5 Å². The van der Waals surface area contributed by atoms with Crippen LogP contribution in [0.15, 0.2) is 76.6 Å². The fourth-order valence-corrected chi connectivity index (χ4v) is 5.24. The number of hydrogen-bond donors (Lipinski definition) is 1. The zero-order valence-corrected chi connectivity index (χ0v) is 19.8. The highest BCUT2D eigenvalue weighted by molar-refractivity contribution is 7.89. The van der Waals surface area contributed by atoms with E-state index in [-0.39, 0.29) is 22.6 Å². The molecule has 1 aliphatic rings. The Labute approximate surface area is 198 Å². The summed E-state index contributed by atoms with van der Waals surface area (Å²) in [6.45, 7) is 3.96. The molecule has 3 aromatic rings. The number of nitrogens with zero attached hydrogens (tertiary/aromatic N) is 2. The second kappa shape index (κ2) is 10.3. The first kappa shape index (κ1) is 23.9. The Bertz CT molecular complexity index is 1330. The van der Waals surface area contributed by atoms with E-state index < -0.39 is 15.9 Å². The average Bonchev–Trinajstić information content (AvgIpc) is 2.85. The normalized spacial score (nSPS) is 14.6. The van der Waals surface area contributed by atoms with Crippen LogP contribution >= 0.6 is 0 Å². The Morgan fingerprint density at radius 3 is 2.44 bits per heavy atom. The van der Waals surface area contributed by atoms with Gasteiger partial charge in [0.15, 0.2) is 0 Å². The van der Waals surface area contributed by atoms with Gasteiger partial charge in [0, 0.05) is 25.8 Å². The van der Waals surface area contributed by atoms with E-state index in [9.17, 15) is 18.0 Å². The van der Waals surface area contributed by atoms with Gasteiger partial charge in [0.1, 0.15) is 5.56 Å². The quantitative estimate of drug-likeness (QED) is 0.558. The molecule has 1 amide bonds. The highest BCUT2D eigenvalue weighted by Gasteiger charge is 2.26. The molecule has 1 aromatic heterocycles. The van der Waals surface area contributed by atoms with Crippen molar-refractivity contribution in [2.24, 2.45) is 0 Å². The van der Waals surface area contributed by atoms with Gasteiger partial charge in [-0.2, -0.15) is 4.31 Å². The number of amides is 1. The maximum absolute atomic E-state index is 12.8. The zero-order valence-electron chi connectivity index (χ0n) is 18.9. The molecule has 4 rings (SSSR count). The van der Waals surface area contributed by atoms with Gasteiger partial charge in [-0.15, -0.1) is 0 Å². The van der Waals surface area contributed by atoms with Crippen LogP contribution in [0, 0.1) is 6.92 Å². The number of carbonyl (C=O) groups excluding carboxylic acids is 1. The lowest BCUT2D eigenvalue weighted by atomic mass is 10.1. The summed E-state index contributed by atoms with van der Waals surface area (Å²) in [7, 11) is -3.57. The second-order valence-electron chi connectivity index (χ2n) is 8.19. The van der Waals surface area contributed by atoms with Gasteiger partial charge in [0.05, 0.1) is 24.7 Å². The summed E-state index contributed by atoms with van der Waals surface area (Å²) < 4.78 is 33.6. The lowest BCUT2D eigenvalue weighted by Gasteiger charge is -2.26. The highest BCUT2D eigenvalue weighted by Crippen LogP contribution is 2.17. The third-order valence-electron chi connectivity index (χ3n) is 5.68. The summed E-state index contributed by atoms with van der Waals surface area (Å²) >= 11 is 0. The lowest BCUT2D eigenvalue weighted by molar-refractivity contribution is 0.0730. The van der Waals surface area contributed by atoms with Crippen molar-refractivity contribution in [3.05, 3.63) is 99.5 Å². The number of hydrogen-bond acceptors (Lipinski definition) is 5. The van der Waals surface area contributed by atoms with E-state index in [1.165, 1.54) is 27.1 Å². The molecule has 1 saturated heterocycles. The molecule has 2 heterocycles. The van der Waals surface area contributed by atoms with E-state index in [2.05, 4.69) is 5.32 Å². The molecule has 0 spiro atoms. The number of morpholine rings is 1. The minimum absolute atomic E-state index is 0.0571. The molecule has 0 saturated carbocycles. The van der Waals surface area contributed by atoms with E-state index in [4.69, 9.17) is 4.74 Å². The number of pyridine rings is 1. The number of aromatic nitrogens is 1. The summed E-state index contributed by atoms with van der Waals surface area (Å²) in [5.74, 6) is -0.478. The van der Waals surface area contributed by atoms with Crippen molar-refractivity contribution in [2.75, 3.05) is 26.3 Å². The maximum Gasteiger partial charge on any atom is 0.263 e. The van der Waals surface area contributed by atoms with Crippen molar-refractivity contribution in [3.63, 3.8) is 0 Å². The predicted octanol–water partition coefficient (Wildman–Crippen LogP) is 2.16. The van der Waals surface area contributed by atoms with Crippen LogP contribution in [0.1, 0.15) is 27.0 Å². The van der Waals surface area contributed by atoms with Crippen LogP contribution in [0.3, 0.4) is 0 Å². The molecular formula is C25H27N3O5S. The molecule has 0 unspecified atom stereocenters. The fraction of sp³-hybridized carbons (Fsp3) is 0.280. The predicted molar refractivity (Wildman–Crippen MR) is 128 cm³/mol. The van der Waals surface area contributed by atoms with Gasteiger partial charge in [-0.05, 0) is 42.3 Å². The van der Waals surface area contributed by atoms with Crippen molar-refractivity contribution < 1.29 is 17.9 Å². The monoisotopic (exact) mass is 481 g/mol. The molecule has 178 valence electrons. The number of aryl methyl sites for hydroxylation is 1.